The van der Waals surface area contributed by atoms with E-state index in [1.54, 1.807) is 14.2 Å². The topological polar surface area (TPSA) is 30.5 Å². The first-order valence-electron chi connectivity index (χ1n) is 6.11. The van der Waals surface area contributed by atoms with Crippen molar-refractivity contribution in [1.29, 1.82) is 0 Å². The molecule has 0 spiro atoms. The molecule has 2 atom stereocenters. The average Bonchev–Trinajstić information content (AvgIpc) is 2.37. The zero-order valence-electron chi connectivity index (χ0n) is 11.7. The third kappa shape index (κ3) is 3.18. The van der Waals surface area contributed by atoms with Gasteiger partial charge in [0.25, 0.3) is 0 Å². The van der Waals surface area contributed by atoms with Crippen LogP contribution >= 0.6 is 15.9 Å². The highest BCUT2D eigenvalue weighted by atomic mass is 79.9. The second kappa shape index (κ2) is 7.00. The molecule has 4 heteroatoms. The van der Waals surface area contributed by atoms with Crippen LogP contribution in [0.25, 0.3) is 0 Å². The number of halogens is 1. The lowest BCUT2D eigenvalue weighted by molar-refractivity contribution is 0.375. The number of hydrogen-bond donors (Lipinski definition) is 1. The quantitative estimate of drug-likeness (QED) is 0.872. The van der Waals surface area contributed by atoms with Crippen LogP contribution in [0.15, 0.2) is 16.6 Å². The smallest absolute Gasteiger partial charge is 0.140 e. The Bertz CT molecular complexity index is 396. The van der Waals surface area contributed by atoms with E-state index >= 15 is 0 Å². The molecule has 0 saturated heterocycles. The molecule has 0 heterocycles. The molecule has 1 rings (SSSR count). The molecule has 0 aliphatic carbocycles. The number of nitrogens with one attached hydrogen (secondary N) is 1. The molecule has 0 amide bonds. The van der Waals surface area contributed by atoms with Crippen LogP contribution in [0.4, 0.5) is 0 Å². The van der Waals surface area contributed by atoms with E-state index in [2.05, 4.69) is 41.2 Å². The fourth-order valence-corrected chi connectivity index (χ4v) is 2.77. The van der Waals surface area contributed by atoms with Gasteiger partial charge in [0.1, 0.15) is 16.0 Å². The molecule has 1 aromatic rings. The average molecular weight is 316 g/mol. The summed E-state index contributed by atoms with van der Waals surface area (Å²) in [6.07, 6.45) is 0. The Morgan fingerprint density at radius 1 is 1.22 bits per heavy atom. The summed E-state index contributed by atoms with van der Waals surface area (Å²) in [5.74, 6) is 2.60. The van der Waals surface area contributed by atoms with E-state index in [0.717, 1.165) is 22.5 Å². The van der Waals surface area contributed by atoms with E-state index in [1.807, 2.05) is 13.1 Å². The summed E-state index contributed by atoms with van der Waals surface area (Å²) in [5, 5.41) is 3.22. The lowest BCUT2D eigenvalue weighted by Gasteiger charge is -2.23. The largest absolute Gasteiger partial charge is 0.495 e. The van der Waals surface area contributed by atoms with Gasteiger partial charge >= 0.3 is 0 Å². The summed E-state index contributed by atoms with van der Waals surface area (Å²) in [6, 6.07) is 4.06. The Morgan fingerprint density at radius 2 is 1.89 bits per heavy atom. The molecule has 0 aromatic heterocycles. The third-order valence-electron chi connectivity index (χ3n) is 3.39. The molecule has 3 nitrogen and oxygen atoms in total. The van der Waals surface area contributed by atoms with Crippen LogP contribution in [0, 0.1) is 5.92 Å². The van der Waals surface area contributed by atoms with Gasteiger partial charge in [-0.2, -0.15) is 0 Å². The standard InChI is InChI=1S/C14H22BrNO2/c1-9(8-16-3)10(2)11-6-7-12(17-4)13(15)14(11)18-5/h6-7,9-10,16H,8H2,1-5H3. The van der Waals surface area contributed by atoms with Crippen LogP contribution in [-0.2, 0) is 0 Å². The molecule has 0 aliphatic heterocycles. The van der Waals surface area contributed by atoms with Crippen LogP contribution in [-0.4, -0.2) is 27.8 Å². The van der Waals surface area contributed by atoms with Crippen LogP contribution in [0.3, 0.4) is 0 Å². The van der Waals surface area contributed by atoms with Gasteiger partial charge in [0.05, 0.1) is 14.2 Å². The Hall–Kier alpha value is -0.740. The van der Waals surface area contributed by atoms with E-state index in [0.29, 0.717) is 11.8 Å². The Balaban J connectivity index is 3.12. The van der Waals surface area contributed by atoms with Crippen LogP contribution in [0.5, 0.6) is 11.5 Å². The summed E-state index contributed by atoms with van der Waals surface area (Å²) >= 11 is 3.54. The second-order valence-electron chi connectivity index (χ2n) is 4.53. The Kier molecular flexibility index (Phi) is 5.96. The minimum absolute atomic E-state index is 0.412. The minimum atomic E-state index is 0.412. The molecular formula is C14H22BrNO2. The van der Waals surface area contributed by atoms with Crippen molar-refractivity contribution in [1.82, 2.24) is 5.32 Å². The van der Waals surface area contributed by atoms with Crippen molar-refractivity contribution < 1.29 is 9.47 Å². The molecule has 1 aromatic carbocycles. The second-order valence-corrected chi connectivity index (χ2v) is 5.32. The van der Waals surface area contributed by atoms with Crippen molar-refractivity contribution in [2.75, 3.05) is 27.8 Å². The van der Waals surface area contributed by atoms with Crippen molar-refractivity contribution >= 4 is 15.9 Å². The van der Waals surface area contributed by atoms with Gasteiger partial charge < -0.3 is 14.8 Å². The molecule has 0 fully saturated rings. The number of hydrogen-bond acceptors (Lipinski definition) is 3. The molecule has 0 radical (unpaired) electrons. The number of ether oxygens (including phenoxy) is 2. The molecule has 18 heavy (non-hydrogen) atoms. The summed E-state index contributed by atoms with van der Waals surface area (Å²) in [7, 11) is 5.33. The lowest BCUT2D eigenvalue weighted by Crippen LogP contribution is -2.21. The van der Waals surface area contributed by atoms with Gasteiger partial charge in [-0.1, -0.05) is 19.9 Å². The van der Waals surface area contributed by atoms with E-state index < -0.39 is 0 Å². The summed E-state index contributed by atoms with van der Waals surface area (Å²) in [4.78, 5) is 0. The minimum Gasteiger partial charge on any atom is -0.495 e. The normalized spacial score (nSPS) is 14.1. The zero-order chi connectivity index (χ0) is 13.7. The van der Waals surface area contributed by atoms with Crippen molar-refractivity contribution in [2.45, 2.75) is 19.8 Å². The van der Waals surface area contributed by atoms with E-state index in [-0.39, 0.29) is 0 Å². The summed E-state index contributed by atoms with van der Waals surface area (Å²) in [5.41, 5.74) is 1.20. The highest BCUT2D eigenvalue weighted by Crippen LogP contribution is 2.41. The number of rotatable bonds is 6. The van der Waals surface area contributed by atoms with Crippen molar-refractivity contribution in [3.63, 3.8) is 0 Å². The predicted molar refractivity (Wildman–Crippen MR) is 78.8 cm³/mol. The first-order valence-corrected chi connectivity index (χ1v) is 6.91. The zero-order valence-corrected chi connectivity index (χ0v) is 13.3. The maximum atomic E-state index is 5.52. The fourth-order valence-electron chi connectivity index (χ4n) is 2.08. The van der Waals surface area contributed by atoms with Gasteiger partial charge in [-0.15, -0.1) is 0 Å². The molecule has 102 valence electrons. The van der Waals surface area contributed by atoms with Gasteiger partial charge in [0.2, 0.25) is 0 Å². The molecule has 1 N–H and O–H groups in total. The predicted octanol–water partition coefficient (Wildman–Crippen LogP) is 3.43. The molecule has 0 saturated carbocycles. The fraction of sp³-hybridized carbons (Fsp3) is 0.571. The van der Waals surface area contributed by atoms with Crippen molar-refractivity contribution in [3.8, 4) is 11.5 Å². The maximum absolute atomic E-state index is 5.52. The van der Waals surface area contributed by atoms with Gasteiger partial charge in [0.15, 0.2) is 0 Å². The number of benzene rings is 1. The van der Waals surface area contributed by atoms with E-state index in [4.69, 9.17) is 9.47 Å². The van der Waals surface area contributed by atoms with Crippen LogP contribution in [0.1, 0.15) is 25.3 Å². The van der Waals surface area contributed by atoms with Crippen LogP contribution in [0.2, 0.25) is 0 Å². The van der Waals surface area contributed by atoms with E-state index in [1.165, 1.54) is 5.56 Å². The third-order valence-corrected chi connectivity index (χ3v) is 4.14. The highest BCUT2D eigenvalue weighted by molar-refractivity contribution is 9.10. The first-order chi connectivity index (χ1) is 8.56. The Labute approximate surface area is 118 Å². The first kappa shape index (κ1) is 15.3. The molecule has 2 unspecified atom stereocenters. The van der Waals surface area contributed by atoms with Crippen molar-refractivity contribution in [2.24, 2.45) is 5.92 Å². The van der Waals surface area contributed by atoms with Gasteiger partial charge in [-0.3, -0.25) is 0 Å². The monoisotopic (exact) mass is 315 g/mol. The number of methoxy groups -OCH3 is 2. The van der Waals surface area contributed by atoms with Gasteiger partial charge in [-0.05, 0) is 53.0 Å². The maximum Gasteiger partial charge on any atom is 0.140 e. The van der Waals surface area contributed by atoms with Gasteiger partial charge in [-0.25, -0.2) is 0 Å². The highest BCUT2D eigenvalue weighted by Gasteiger charge is 2.21. The molecule has 0 aliphatic rings. The molecular weight excluding hydrogens is 294 g/mol. The van der Waals surface area contributed by atoms with Crippen molar-refractivity contribution in [3.05, 3.63) is 22.2 Å². The molecule has 0 bridgehead atoms. The summed E-state index contributed by atoms with van der Waals surface area (Å²) in [6.45, 7) is 5.44. The van der Waals surface area contributed by atoms with Crippen LogP contribution < -0.4 is 14.8 Å². The van der Waals surface area contributed by atoms with Gasteiger partial charge in [0, 0.05) is 0 Å². The Morgan fingerprint density at radius 3 is 2.39 bits per heavy atom. The summed E-state index contributed by atoms with van der Waals surface area (Å²) < 4.78 is 11.7. The SMILES string of the molecule is CNCC(C)C(C)c1ccc(OC)c(Br)c1OC. The lowest BCUT2D eigenvalue weighted by atomic mass is 9.88. The van der Waals surface area contributed by atoms with E-state index in [9.17, 15) is 0 Å².